The van der Waals surface area contributed by atoms with Crippen molar-refractivity contribution in [1.82, 2.24) is 19.5 Å². The minimum Gasteiger partial charge on any atom is -0.481 e. The highest BCUT2D eigenvalue weighted by Gasteiger charge is 2.37. The maximum atomic E-state index is 14.6. The molecule has 1 aliphatic carbocycles. The Balaban J connectivity index is 1.78. The van der Waals surface area contributed by atoms with Crippen LogP contribution in [0.15, 0.2) is 24.8 Å². The highest BCUT2D eigenvalue weighted by atomic mass is 19.1. The molecule has 10 heteroatoms. The van der Waals surface area contributed by atoms with Crippen LogP contribution in [-0.4, -0.2) is 36.6 Å². The second-order valence-corrected chi connectivity index (χ2v) is 7.35. The SMILES string of the molecule is C[C@@H]1CCCC(Nc2c(F)cnc3c2ncn3-c2cc(F)cnc2N)[C@H]1C(=O)O. The van der Waals surface area contributed by atoms with Gasteiger partial charge in [0.1, 0.15) is 29.2 Å². The van der Waals surface area contributed by atoms with Gasteiger partial charge in [-0.3, -0.25) is 9.36 Å². The van der Waals surface area contributed by atoms with Gasteiger partial charge in [-0.2, -0.15) is 0 Å². The molecule has 4 rings (SSSR count). The summed E-state index contributed by atoms with van der Waals surface area (Å²) in [5.41, 5.74) is 6.61. The molecule has 152 valence electrons. The third-order valence-corrected chi connectivity index (χ3v) is 5.48. The number of fused-ring (bicyclic) bond motifs is 1. The van der Waals surface area contributed by atoms with E-state index in [1.807, 2.05) is 6.92 Å². The van der Waals surface area contributed by atoms with Gasteiger partial charge in [0.05, 0.1) is 24.0 Å². The van der Waals surface area contributed by atoms with Gasteiger partial charge in [-0.15, -0.1) is 0 Å². The number of hydrogen-bond donors (Lipinski definition) is 3. The molecule has 0 aliphatic heterocycles. The van der Waals surface area contributed by atoms with Gasteiger partial charge in [0.25, 0.3) is 0 Å². The number of nitrogens with one attached hydrogen (secondary N) is 1. The zero-order valence-corrected chi connectivity index (χ0v) is 15.6. The van der Waals surface area contributed by atoms with E-state index in [-0.39, 0.29) is 34.3 Å². The number of carbonyl (C=O) groups is 1. The van der Waals surface area contributed by atoms with Crippen LogP contribution in [0.3, 0.4) is 0 Å². The number of nitrogens with zero attached hydrogens (tertiary/aromatic N) is 4. The molecule has 1 unspecified atom stereocenters. The zero-order chi connectivity index (χ0) is 20.7. The molecule has 0 aromatic carbocycles. The molecule has 1 saturated carbocycles. The third kappa shape index (κ3) is 3.34. The van der Waals surface area contributed by atoms with Crippen molar-refractivity contribution in [2.75, 3.05) is 11.1 Å². The fourth-order valence-corrected chi connectivity index (χ4v) is 4.06. The molecule has 1 fully saturated rings. The lowest BCUT2D eigenvalue weighted by atomic mass is 9.76. The molecule has 0 bridgehead atoms. The van der Waals surface area contributed by atoms with Gasteiger partial charge in [-0.25, -0.2) is 23.7 Å². The number of rotatable bonds is 4. The number of aliphatic carboxylic acids is 1. The number of aromatic nitrogens is 4. The first-order valence-corrected chi connectivity index (χ1v) is 9.29. The summed E-state index contributed by atoms with van der Waals surface area (Å²) in [7, 11) is 0. The van der Waals surface area contributed by atoms with Crippen LogP contribution in [0.2, 0.25) is 0 Å². The van der Waals surface area contributed by atoms with Gasteiger partial charge < -0.3 is 16.2 Å². The molecule has 0 amide bonds. The number of nitrogen functional groups attached to an aromatic ring is 1. The van der Waals surface area contributed by atoms with Gasteiger partial charge in [0.15, 0.2) is 11.5 Å². The molecule has 29 heavy (non-hydrogen) atoms. The Morgan fingerprint density at radius 1 is 1.28 bits per heavy atom. The minimum absolute atomic E-state index is 0.0325. The van der Waals surface area contributed by atoms with Gasteiger partial charge >= 0.3 is 5.97 Å². The van der Waals surface area contributed by atoms with E-state index in [9.17, 15) is 18.7 Å². The van der Waals surface area contributed by atoms with Crippen molar-refractivity contribution in [3.63, 3.8) is 0 Å². The van der Waals surface area contributed by atoms with Crippen molar-refractivity contribution in [3.05, 3.63) is 36.4 Å². The number of halogens is 2. The smallest absolute Gasteiger partial charge is 0.308 e. The van der Waals surface area contributed by atoms with Crippen LogP contribution < -0.4 is 11.1 Å². The Morgan fingerprint density at radius 3 is 2.83 bits per heavy atom. The second-order valence-electron chi connectivity index (χ2n) is 7.35. The summed E-state index contributed by atoms with van der Waals surface area (Å²) < 4.78 is 29.7. The highest BCUT2D eigenvalue weighted by Crippen LogP contribution is 2.35. The van der Waals surface area contributed by atoms with Crippen LogP contribution in [-0.2, 0) is 4.79 Å². The van der Waals surface area contributed by atoms with Crippen LogP contribution in [0.1, 0.15) is 26.2 Å². The molecule has 3 heterocycles. The van der Waals surface area contributed by atoms with Crippen molar-refractivity contribution in [1.29, 1.82) is 0 Å². The average molecular weight is 402 g/mol. The lowest BCUT2D eigenvalue weighted by molar-refractivity contribution is -0.145. The summed E-state index contributed by atoms with van der Waals surface area (Å²) >= 11 is 0. The standard InChI is InChI=1S/C19H20F2N6O2/c1-9-3-2-4-12(14(9)19(28)29)26-15-11(21)7-24-18-16(15)25-8-27(18)13-5-10(20)6-23-17(13)22/h5-9,12,14H,2-4H2,1H3,(H2,22,23)(H,24,26)(H,28,29)/t9-,12?,14+/m1/s1. The number of anilines is 2. The summed E-state index contributed by atoms with van der Waals surface area (Å²) in [4.78, 5) is 23.8. The molecule has 4 N–H and O–H groups in total. The third-order valence-electron chi connectivity index (χ3n) is 5.48. The number of carboxylic acid groups (broad SMARTS) is 1. The highest BCUT2D eigenvalue weighted by molar-refractivity contribution is 5.88. The van der Waals surface area contributed by atoms with Crippen molar-refractivity contribution in [2.45, 2.75) is 32.2 Å². The molecule has 3 atom stereocenters. The Bertz CT molecular complexity index is 1090. The summed E-state index contributed by atoms with van der Waals surface area (Å²) in [6.07, 6.45) is 5.63. The first-order chi connectivity index (χ1) is 13.9. The predicted octanol–water partition coefficient (Wildman–Crippen LogP) is 2.98. The van der Waals surface area contributed by atoms with E-state index in [2.05, 4.69) is 20.3 Å². The Kier molecular flexibility index (Phi) is 4.77. The maximum absolute atomic E-state index is 14.6. The number of hydrogen-bond acceptors (Lipinski definition) is 6. The fraction of sp³-hybridized carbons (Fsp3) is 0.368. The lowest BCUT2D eigenvalue weighted by Gasteiger charge is -2.34. The Morgan fingerprint density at radius 2 is 2.07 bits per heavy atom. The summed E-state index contributed by atoms with van der Waals surface area (Å²) in [6.45, 7) is 1.89. The van der Waals surface area contributed by atoms with Crippen LogP contribution in [0.25, 0.3) is 16.9 Å². The Hall–Kier alpha value is -3.30. The van der Waals surface area contributed by atoms with Gasteiger partial charge in [-0.1, -0.05) is 13.3 Å². The summed E-state index contributed by atoms with van der Waals surface area (Å²) in [6, 6.07) is 0.743. The van der Waals surface area contributed by atoms with E-state index in [0.29, 0.717) is 6.42 Å². The molecular formula is C19H20F2N6O2. The molecular weight excluding hydrogens is 382 g/mol. The van der Waals surface area contributed by atoms with E-state index in [1.165, 1.54) is 17.0 Å². The predicted molar refractivity (Wildman–Crippen MR) is 103 cm³/mol. The van der Waals surface area contributed by atoms with E-state index in [1.54, 1.807) is 0 Å². The van der Waals surface area contributed by atoms with Crippen LogP contribution >= 0.6 is 0 Å². The molecule has 3 aromatic heterocycles. The summed E-state index contributed by atoms with van der Waals surface area (Å²) in [5.74, 6) is -2.75. The largest absolute Gasteiger partial charge is 0.481 e. The first-order valence-electron chi connectivity index (χ1n) is 9.29. The normalized spacial score (nSPS) is 22.0. The molecule has 1 aliphatic rings. The van der Waals surface area contributed by atoms with E-state index in [4.69, 9.17) is 5.73 Å². The van der Waals surface area contributed by atoms with Crippen LogP contribution in [0.4, 0.5) is 20.3 Å². The van der Waals surface area contributed by atoms with Gasteiger partial charge in [-0.05, 0) is 18.8 Å². The fourth-order valence-electron chi connectivity index (χ4n) is 4.06. The zero-order valence-electron chi connectivity index (χ0n) is 15.6. The minimum atomic E-state index is -0.912. The topological polar surface area (TPSA) is 119 Å². The maximum Gasteiger partial charge on any atom is 0.308 e. The van der Waals surface area contributed by atoms with Crippen molar-refractivity contribution < 1.29 is 18.7 Å². The average Bonchev–Trinajstić information content (AvgIpc) is 3.10. The van der Waals surface area contributed by atoms with Crippen molar-refractivity contribution >= 4 is 28.6 Å². The molecule has 0 spiro atoms. The summed E-state index contributed by atoms with van der Waals surface area (Å²) in [5, 5.41) is 12.7. The van der Waals surface area contributed by atoms with Crippen LogP contribution in [0, 0.1) is 23.5 Å². The van der Waals surface area contributed by atoms with Gasteiger partial charge in [0.2, 0.25) is 0 Å². The Labute approximate surface area is 164 Å². The molecule has 0 radical (unpaired) electrons. The second kappa shape index (κ2) is 7.26. The van der Waals surface area contributed by atoms with Crippen molar-refractivity contribution in [2.24, 2.45) is 11.8 Å². The van der Waals surface area contributed by atoms with E-state index >= 15 is 0 Å². The number of imidazole rings is 1. The van der Waals surface area contributed by atoms with Crippen molar-refractivity contribution in [3.8, 4) is 5.69 Å². The molecule has 0 saturated heterocycles. The van der Waals surface area contributed by atoms with E-state index in [0.717, 1.165) is 25.2 Å². The number of nitrogens with two attached hydrogens (primary N) is 1. The monoisotopic (exact) mass is 402 g/mol. The lowest BCUT2D eigenvalue weighted by Crippen LogP contribution is -2.41. The number of carboxylic acids is 1. The number of pyridine rings is 2. The molecule has 3 aromatic rings. The molecule has 8 nitrogen and oxygen atoms in total. The quantitative estimate of drug-likeness (QED) is 0.614. The first kappa shape index (κ1) is 19.0. The van der Waals surface area contributed by atoms with Gasteiger partial charge in [0, 0.05) is 12.1 Å². The van der Waals surface area contributed by atoms with Crippen LogP contribution in [0.5, 0.6) is 0 Å². The van der Waals surface area contributed by atoms with E-state index < -0.39 is 29.6 Å².